The first kappa shape index (κ1) is 9.54. The Bertz CT molecular complexity index is 339. The summed E-state index contributed by atoms with van der Waals surface area (Å²) in [6.45, 7) is 3.46. The molecule has 1 atom stereocenters. The number of anilines is 1. The van der Waals surface area contributed by atoms with Crippen molar-refractivity contribution in [2.24, 2.45) is 5.73 Å². The van der Waals surface area contributed by atoms with Crippen LogP contribution >= 0.6 is 0 Å². The van der Waals surface area contributed by atoms with Crippen molar-refractivity contribution in [3.8, 4) is 5.75 Å². The van der Waals surface area contributed by atoms with Crippen LogP contribution in [0.1, 0.15) is 11.6 Å². The highest BCUT2D eigenvalue weighted by Gasteiger charge is 2.12. The predicted molar refractivity (Wildman–Crippen MR) is 49.6 cm³/mol. The van der Waals surface area contributed by atoms with E-state index in [4.69, 9.17) is 11.5 Å². The molecular weight excluding hydrogens is 171 g/mol. The van der Waals surface area contributed by atoms with Crippen LogP contribution < -0.4 is 11.5 Å². The van der Waals surface area contributed by atoms with E-state index in [-0.39, 0.29) is 11.4 Å². The second kappa shape index (κ2) is 3.45. The molecule has 70 valence electrons. The summed E-state index contributed by atoms with van der Waals surface area (Å²) in [6.07, 6.45) is 1.44. The summed E-state index contributed by atoms with van der Waals surface area (Å²) in [5.74, 6) is -0.968. The van der Waals surface area contributed by atoms with E-state index in [1.807, 2.05) is 0 Å². The number of rotatable bonds is 2. The van der Waals surface area contributed by atoms with Crippen LogP contribution in [0.5, 0.6) is 5.75 Å². The molecule has 0 saturated heterocycles. The molecule has 0 fully saturated rings. The maximum Gasteiger partial charge on any atom is 0.149 e. The maximum absolute atomic E-state index is 12.8. The lowest BCUT2D eigenvalue weighted by Gasteiger charge is -2.10. The number of phenolic OH excluding ortho intramolecular Hbond substituents is 1. The number of phenols is 1. The third-order valence-electron chi connectivity index (χ3n) is 1.81. The van der Waals surface area contributed by atoms with Crippen molar-refractivity contribution in [3.05, 3.63) is 36.2 Å². The van der Waals surface area contributed by atoms with Gasteiger partial charge in [-0.3, -0.25) is 0 Å². The van der Waals surface area contributed by atoms with Gasteiger partial charge in [-0.2, -0.15) is 0 Å². The van der Waals surface area contributed by atoms with E-state index in [2.05, 4.69) is 6.58 Å². The molecule has 4 heteroatoms. The SMILES string of the molecule is C=C[C@@H](N)c1ccc(F)c(N)c1O. The van der Waals surface area contributed by atoms with E-state index in [9.17, 15) is 9.50 Å². The molecule has 0 amide bonds. The largest absolute Gasteiger partial charge is 0.505 e. The zero-order chi connectivity index (χ0) is 10.0. The van der Waals surface area contributed by atoms with Gasteiger partial charge >= 0.3 is 0 Å². The quantitative estimate of drug-likeness (QED) is 0.366. The first-order chi connectivity index (χ1) is 6.07. The number of aromatic hydroxyl groups is 1. The van der Waals surface area contributed by atoms with E-state index in [1.165, 1.54) is 12.1 Å². The third-order valence-corrected chi connectivity index (χ3v) is 1.81. The molecule has 5 N–H and O–H groups in total. The van der Waals surface area contributed by atoms with Crippen LogP contribution in [0, 0.1) is 5.82 Å². The molecule has 0 aromatic heterocycles. The van der Waals surface area contributed by atoms with Crippen molar-refractivity contribution in [3.63, 3.8) is 0 Å². The molecule has 1 aromatic carbocycles. The van der Waals surface area contributed by atoms with E-state index in [0.29, 0.717) is 5.56 Å². The second-order valence-corrected chi connectivity index (χ2v) is 2.66. The van der Waals surface area contributed by atoms with Crippen molar-refractivity contribution in [2.45, 2.75) is 6.04 Å². The standard InChI is InChI=1S/C9H11FN2O/c1-2-7(11)5-3-4-6(10)8(12)9(5)13/h2-4,7,13H,1,11-12H2/t7-/m1/s1. The maximum atomic E-state index is 12.8. The molecule has 0 radical (unpaired) electrons. The van der Waals surface area contributed by atoms with E-state index >= 15 is 0 Å². The van der Waals surface area contributed by atoms with Crippen LogP contribution in [0.25, 0.3) is 0 Å². The summed E-state index contributed by atoms with van der Waals surface area (Å²) in [7, 11) is 0. The van der Waals surface area contributed by atoms with Crippen LogP contribution in [0.4, 0.5) is 10.1 Å². The Hall–Kier alpha value is -1.55. The zero-order valence-electron chi connectivity index (χ0n) is 7.00. The molecule has 0 saturated carbocycles. The number of nitrogen functional groups attached to an aromatic ring is 1. The van der Waals surface area contributed by atoms with Crippen LogP contribution in [-0.2, 0) is 0 Å². The number of hydrogen-bond donors (Lipinski definition) is 3. The Balaban J connectivity index is 3.25. The molecule has 0 aliphatic carbocycles. The van der Waals surface area contributed by atoms with Gasteiger partial charge in [-0.25, -0.2) is 4.39 Å². The van der Waals surface area contributed by atoms with Crippen molar-refractivity contribution in [1.29, 1.82) is 0 Å². The molecule has 0 aliphatic heterocycles. The summed E-state index contributed by atoms with van der Waals surface area (Å²) < 4.78 is 12.8. The van der Waals surface area contributed by atoms with Crippen molar-refractivity contribution < 1.29 is 9.50 Å². The smallest absolute Gasteiger partial charge is 0.149 e. The zero-order valence-corrected chi connectivity index (χ0v) is 7.00. The van der Waals surface area contributed by atoms with Gasteiger partial charge in [-0.1, -0.05) is 12.1 Å². The predicted octanol–water partition coefficient (Wildman–Crippen LogP) is 1.30. The van der Waals surface area contributed by atoms with E-state index in [1.54, 1.807) is 0 Å². The van der Waals surface area contributed by atoms with Gasteiger partial charge in [0.05, 0.1) is 6.04 Å². The highest BCUT2D eigenvalue weighted by Crippen LogP contribution is 2.31. The van der Waals surface area contributed by atoms with Crippen LogP contribution in [0.2, 0.25) is 0 Å². The van der Waals surface area contributed by atoms with Gasteiger partial charge in [0, 0.05) is 5.56 Å². The fraction of sp³-hybridized carbons (Fsp3) is 0.111. The van der Waals surface area contributed by atoms with Crippen LogP contribution in [-0.4, -0.2) is 5.11 Å². The lowest BCUT2D eigenvalue weighted by atomic mass is 10.1. The molecule has 0 spiro atoms. The summed E-state index contributed by atoms with van der Waals surface area (Å²) in [5.41, 5.74) is 10.9. The van der Waals surface area contributed by atoms with Crippen molar-refractivity contribution in [1.82, 2.24) is 0 Å². The summed E-state index contributed by atoms with van der Waals surface area (Å²) in [5, 5.41) is 9.39. The summed E-state index contributed by atoms with van der Waals surface area (Å²) in [6, 6.07) is 2.00. The molecule has 0 heterocycles. The van der Waals surface area contributed by atoms with Gasteiger partial charge in [0.15, 0.2) is 0 Å². The molecule has 0 unspecified atom stereocenters. The van der Waals surface area contributed by atoms with Crippen LogP contribution in [0.15, 0.2) is 24.8 Å². The normalized spacial score (nSPS) is 12.5. The number of nitrogens with two attached hydrogens (primary N) is 2. The first-order valence-corrected chi connectivity index (χ1v) is 3.73. The third kappa shape index (κ3) is 1.62. The van der Waals surface area contributed by atoms with Gasteiger partial charge in [0.2, 0.25) is 0 Å². The summed E-state index contributed by atoms with van der Waals surface area (Å²) in [4.78, 5) is 0. The summed E-state index contributed by atoms with van der Waals surface area (Å²) >= 11 is 0. The Morgan fingerprint density at radius 2 is 2.15 bits per heavy atom. The van der Waals surface area contributed by atoms with Gasteiger partial charge in [0.25, 0.3) is 0 Å². The lowest BCUT2D eigenvalue weighted by molar-refractivity contribution is 0.463. The highest BCUT2D eigenvalue weighted by molar-refractivity contribution is 5.58. The number of benzene rings is 1. The molecule has 1 aromatic rings. The van der Waals surface area contributed by atoms with Crippen molar-refractivity contribution in [2.75, 3.05) is 5.73 Å². The topological polar surface area (TPSA) is 72.3 Å². The first-order valence-electron chi connectivity index (χ1n) is 3.73. The van der Waals surface area contributed by atoms with Gasteiger partial charge in [-0.15, -0.1) is 6.58 Å². The molecule has 3 nitrogen and oxygen atoms in total. The van der Waals surface area contributed by atoms with E-state index < -0.39 is 11.9 Å². The Morgan fingerprint density at radius 3 is 2.69 bits per heavy atom. The lowest BCUT2D eigenvalue weighted by Crippen LogP contribution is -2.08. The minimum atomic E-state index is -0.655. The highest BCUT2D eigenvalue weighted by atomic mass is 19.1. The number of hydrogen-bond acceptors (Lipinski definition) is 3. The Labute approximate surface area is 75.5 Å². The molecule has 13 heavy (non-hydrogen) atoms. The number of halogens is 1. The minimum absolute atomic E-state index is 0.283. The minimum Gasteiger partial charge on any atom is -0.505 e. The average molecular weight is 182 g/mol. The van der Waals surface area contributed by atoms with Crippen LogP contribution in [0.3, 0.4) is 0 Å². The monoisotopic (exact) mass is 182 g/mol. The second-order valence-electron chi connectivity index (χ2n) is 2.66. The molecular formula is C9H11FN2O. The fourth-order valence-corrected chi connectivity index (χ4v) is 0.996. The van der Waals surface area contributed by atoms with Gasteiger partial charge < -0.3 is 16.6 Å². The Kier molecular flexibility index (Phi) is 2.53. The van der Waals surface area contributed by atoms with Gasteiger partial charge in [0.1, 0.15) is 17.3 Å². The Morgan fingerprint density at radius 1 is 1.54 bits per heavy atom. The fourth-order valence-electron chi connectivity index (χ4n) is 0.996. The van der Waals surface area contributed by atoms with E-state index in [0.717, 1.165) is 6.07 Å². The average Bonchev–Trinajstić information content (AvgIpc) is 2.13. The van der Waals surface area contributed by atoms with Gasteiger partial charge in [-0.05, 0) is 6.07 Å². The molecule has 0 aliphatic rings. The van der Waals surface area contributed by atoms with Crippen molar-refractivity contribution >= 4 is 5.69 Å². The molecule has 0 bridgehead atoms. The molecule has 1 rings (SSSR count).